The number of carbonyl (C=O) groups is 2. The van der Waals surface area contributed by atoms with E-state index >= 15 is 0 Å². The molecule has 2 N–H and O–H groups in total. The fourth-order valence-corrected chi connectivity index (χ4v) is 2.26. The topological polar surface area (TPSA) is 93.1 Å². The van der Waals surface area contributed by atoms with E-state index in [-0.39, 0.29) is 53.4 Å². The molecule has 0 unspecified atom stereocenters. The zero-order chi connectivity index (χ0) is 19.8. The summed E-state index contributed by atoms with van der Waals surface area (Å²) < 4.78 is 10.00. The molecule has 0 saturated carbocycles. The fourth-order valence-electron chi connectivity index (χ4n) is 2.26. The first-order valence-electron chi connectivity index (χ1n) is 8.08. The smallest absolute Gasteiger partial charge is 0.163 e. The second-order valence-corrected chi connectivity index (χ2v) is 5.64. The molecule has 2 aromatic carbocycles. The zero-order valence-corrected chi connectivity index (χ0v) is 16.3. The molecular formula is C22H24NiO6. The maximum absolute atomic E-state index is 11.9. The van der Waals surface area contributed by atoms with Crippen LogP contribution >= 0.6 is 0 Å². The van der Waals surface area contributed by atoms with Crippen LogP contribution in [0.2, 0.25) is 0 Å². The van der Waals surface area contributed by atoms with Crippen molar-refractivity contribution < 1.29 is 45.8 Å². The summed E-state index contributed by atoms with van der Waals surface area (Å²) in [6.45, 7) is 0. The number of hydrogen-bond donors (Lipinski definition) is 2. The minimum atomic E-state index is -0.347. The predicted octanol–water partition coefficient (Wildman–Crippen LogP) is 4.00. The summed E-state index contributed by atoms with van der Waals surface area (Å²) in [7, 11) is 2.87. The van der Waals surface area contributed by atoms with Gasteiger partial charge in [-0.1, -0.05) is 31.7 Å². The number of phenolic OH excluding ortho intramolecular Hbond substituents is 2. The normalized spacial score (nSPS) is 10.3. The third-order valence-corrected chi connectivity index (χ3v) is 3.68. The van der Waals surface area contributed by atoms with E-state index in [0.717, 1.165) is 0 Å². The molecule has 2 aromatic rings. The molecule has 0 aliphatic carbocycles. The van der Waals surface area contributed by atoms with E-state index in [2.05, 4.69) is 0 Å². The number of carbonyl (C=O) groups excluding carboxylic acids is 2. The second kappa shape index (κ2) is 12.4. The quantitative estimate of drug-likeness (QED) is 0.364. The van der Waals surface area contributed by atoms with Crippen LogP contribution in [-0.4, -0.2) is 36.0 Å². The number of allylic oxidation sites excluding steroid dienone is 2. The summed E-state index contributed by atoms with van der Waals surface area (Å²) in [5, 5.41) is 19.1. The molecule has 7 heteroatoms. The molecule has 0 atom stereocenters. The Labute approximate surface area is 180 Å². The van der Waals surface area contributed by atoms with Gasteiger partial charge < -0.3 is 19.7 Å². The fraction of sp³-hybridized carbons (Fsp3) is 0.182. The van der Waals surface area contributed by atoms with Gasteiger partial charge in [0.1, 0.15) is 0 Å². The van der Waals surface area contributed by atoms with Crippen molar-refractivity contribution in [2.75, 3.05) is 14.2 Å². The summed E-state index contributed by atoms with van der Waals surface area (Å²) in [4.78, 5) is 23.9. The van der Waals surface area contributed by atoms with Crippen LogP contribution in [0.1, 0.15) is 25.0 Å². The van der Waals surface area contributed by atoms with E-state index < -0.39 is 0 Å². The van der Waals surface area contributed by atoms with Crippen molar-refractivity contribution in [2.45, 2.75) is 13.8 Å². The van der Waals surface area contributed by atoms with E-state index in [1.807, 2.05) is 0 Å². The molecule has 0 radical (unpaired) electrons. The van der Waals surface area contributed by atoms with Gasteiger partial charge in [0.15, 0.2) is 34.6 Å². The number of rotatable bonds is 8. The number of phenols is 2. The van der Waals surface area contributed by atoms with Crippen LogP contribution in [0.5, 0.6) is 23.0 Å². The van der Waals surface area contributed by atoms with Crippen LogP contribution < -0.4 is 9.47 Å². The Morgan fingerprint density at radius 3 is 1.55 bits per heavy atom. The summed E-state index contributed by atoms with van der Waals surface area (Å²) >= 11 is 0. The van der Waals surface area contributed by atoms with Gasteiger partial charge in [0.2, 0.25) is 0 Å². The molecule has 0 heterocycles. The Hall–Kier alpha value is -3.05. The third kappa shape index (κ3) is 7.84. The predicted molar refractivity (Wildman–Crippen MR) is 109 cm³/mol. The first-order valence-corrected chi connectivity index (χ1v) is 8.08. The van der Waals surface area contributed by atoms with Crippen LogP contribution in [0.4, 0.5) is 0 Å². The largest absolute Gasteiger partial charge is 0.504 e. The summed E-state index contributed by atoms with van der Waals surface area (Å²) in [6.07, 6.45) is 5.44. The second-order valence-electron chi connectivity index (χ2n) is 5.64. The molecular weight excluding hydrogens is 419 g/mol. The number of benzene rings is 2. The van der Waals surface area contributed by atoms with Crippen LogP contribution in [0.15, 0.2) is 48.6 Å². The van der Waals surface area contributed by atoms with Crippen LogP contribution in [0, 0.1) is 0 Å². The van der Waals surface area contributed by atoms with Gasteiger partial charge in [-0.3, -0.25) is 9.59 Å². The number of ketones is 2. The van der Waals surface area contributed by atoms with E-state index in [0.29, 0.717) is 22.6 Å². The standard InChI is InChI=1S/C21H20O6.CH4.Ni/c1-26-20-11-14(5-9-18(20)24)3-7-16(22)13-17(23)8-4-15-6-10-19(25)21(12-15)27-2;;/h3-12,24-25H,13H2,1-2H3;1H4;/b7-3+,8-4+;;. The molecule has 158 valence electrons. The number of ether oxygens (including phenoxy) is 2. The minimum absolute atomic E-state index is 0. The van der Waals surface area contributed by atoms with Gasteiger partial charge in [-0.05, 0) is 47.5 Å². The number of methoxy groups -OCH3 is 2. The van der Waals surface area contributed by atoms with Gasteiger partial charge >= 0.3 is 0 Å². The molecule has 0 aliphatic heterocycles. The van der Waals surface area contributed by atoms with Gasteiger partial charge in [-0.25, -0.2) is 0 Å². The maximum Gasteiger partial charge on any atom is 0.163 e. The van der Waals surface area contributed by atoms with Crippen molar-refractivity contribution in [3.05, 3.63) is 59.7 Å². The van der Waals surface area contributed by atoms with Gasteiger partial charge in [-0.2, -0.15) is 0 Å². The van der Waals surface area contributed by atoms with Crippen molar-refractivity contribution in [3.8, 4) is 23.0 Å². The SMILES string of the molecule is C.COc1cc(/C=C/C(=O)CC(=O)/C=C/c2ccc(O)c(OC)c2)ccc1O.[Ni]. The van der Waals surface area contributed by atoms with Crippen LogP contribution in [-0.2, 0) is 26.1 Å². The van der Waals surface area contributed by atoms with Gasteiger partial charge in [0.25, 0.3) is 0 Å². The van der Waals surface area contributed by atoms with Gasteiger partial charge in [0.05, 0.1) is 20.6 Å². The zero-order valence-electron chi connectivity index (χ0n) is 15.3. The van der Waals surface area contributed by atoms with Crippen LogP contribution in [0.25, 0.3) is 12.2 Å². The molecule has 0 amide bonds. The number of aromatic hydroxyl groups is 2. The first kappa shape index (κ1) is 26.0. The van der Waals surface area contributed by atoms with Crippen molar-refractivity contribution in [2.24, 2.45) is 0 Å². The van der Waals surface area contributed by atoms with Crippen molar-refractivity contribution in [1.29, 1.82) is 0 Å². The molecule has 29 heavy (non-hydrogen) atoms. The Kier molecular flexibility index (Phi) is 11.1. The molecule has 6 nitrogen and oxygen atoms in total. The van der Waals surface area contributed by atoms with E-state index in [9.17, 15) is 19.8 Å². The summed E-state index contributed by atoms with van der Waals surface area (Å²) in [5.41, 5.74) is 1.33. The monoisotopic (exact) mass is 442 g/mol. The molecule has 2 rings (SSSR count). The average Bonchev–Trinajstić information content (AvgIpc) is 2.66. The summed E-state index contributed by atoms with van der Waals surface area (Å²) in [6, 6.07) is 9.34. The molecule has 0 spiro atoms. The Morgan fingerprint density at radius 1 is 0.828 bits per heavy atom. The van der Waals surface area contributed by atoms with E-state index in [4.69, 9.17) is 9.47 Å². The molecule has 0 aliphatic rings. The minimum Gasteiger partial charge on any atom is -0.504 e. The van der Waals surface area contributed by atoms with Crippen molar-refractivity contribution in [1.82, 2.24) is 0 Å². The van der Waals surface area contributed by atoms with E-state index in [1.54, 1.807) is 36.4 Å². The third-order valence-electron chi connectivity index (χ3n) is 3.68. The Bertz CT molecular complexity index is 829. The van der Waals surface area contributed by atoms with Crippen LogP contribution in [0.3, 0.4) is 0 Å². The molecule has 0 saturated heterocycles. The average molecular weight is 443 g/mol. The Morgan fingerprint density at radius 2 is 1.21 bits per heavy atom. The Balaban J connectivity index is 0.00000392. The van der Waals surface area contributed by atoms with Gasteiger partial charge in [0, 0.05) is 16.5 Å². The molecule has 0 bridgehead atoms. The van der Waals surface area contributed by atoms with Gasteiger partial charge in [-0.15, -0.1) is 0 Å². The molecule has 0 aromatic heterocycles. The maximum atomic E-state index is 11.9. The van der Waals surface area contributed by atoms with Crippen molar-refractivity contribution >= 4 is 23.7 Å². The van der Waals surface area contributed by atoms with E-state index in [1.165, 1.54) is 38.5 Å². The first-order chi connectivity index (χ1) is 12.9. The number of hydrogen-bond acceptors (Lipinski definition) is 6. The molecule has 0 fully saturated rings. The summed E-state index contributed by atoms with van der Waals surface area (Å²) in [5.74, 6) is -0.0832. The van der Waals surface area contributed by atoms with Crippen molar-refractivity contribution in [3.63, 3.8) is 0 Å².